The Balaban J connectivity index is 2.23. The van der Waals surface area contributed by atoms with E-state index < -0.39 is 0 Å². The number of rotatable bonds is 3. The number of amides is 1. The zero-order chi connectivity index (χ0) is 14.8. The van der Waals surface area contributed by atoms with Gasteiger partial charge >= 0.3 is 0 Å². The molecule has 1 aliphatic rings. The van der Waals surface area contributed by atoms with Crippen LogP contribution < -0.4 is 10.2 Å². The summed E-state index contributed by atoms with van der Waals surface area (Å²) in [4.78, 5) is 14.5. The van der Waals surface area contributed by atoms with E-state index in [1.165, 1.54) is 16.8 Å². The molecular weight excluding hydrogens is 248 g/mol. The van der Waals surface area contributed by atoms with Crippen molar-refractivity contribution < 1.29 is 4.79 Å². The van der Waals surface area contributed by atoms with Crippen LogP contribution in [-0.4, -0.2) is 26.0 Å². The number of hydrogen-bond donors (Lipinski definition) is 1. The van der Waals surface area contributed by atoms with Crippen LogP contribution in [0.4, 0.5) is 5.69 Å². The maximum atomic E-state index is 12.1. The Hall–Kier alpha value is -1.51. The normalized spacial score (nSPS) is 22.7. The van der Waals surface area contributed by atoms with Crippen LogP contribution in [0.3, 0.4) is 0 Å². The van der Waals surface area contributed by atoms with Gasteiger partial charge in [0.2, 0.25) is 5.91 Å². The Morgan fingerprint density at radius 3 is 2.85 bits per heavy atom. The third-order valence-corrected chi connectivity index (χ3v) is 4.55. The third-order valence-electron chi connectivity index (χ3n) is 4.55. The SMILES string of the molecule is CCc1cc(N2CCCC(C)(C(=O)NC)C2)ccc1C. The summed E-state index contributed by atoms with van der Waals surface area (Å²) >= 11 is 0. The van der Waals surface area contributed by atoms with Gasteiger partial charge < -0.3 is 10.2 Å². The fourth-order valence-corrected chi connectivity index (χ4v) is 3.18. The molecule has 3 heteroatoms. The van der Waals surface area contributed by atoms with Crippen molar-refractivity contribution in [1.29, 1.82) is 0 Å². The van der Waals surface area contributed by atoms with Crippen molar-refractivity contribution in [2.24, 2.45) is 5.41 Å². The fourth-order valence-electron chi connectivity index (χ4n) is 3.18. The summed E-state index contributed by atoms with van der Waals surface area (Å²) in [6.45, 7) is 8.27. The molecule has 1 heterocycles. The summed E-state index contributed by atoms with van der Waals surface area (Å²) in [5, 5.41) is 2.81. The Morgan fingerprint density at radius 2 is 2.20 bits per heavy atom. The second-order valence-electron chi connectivity index (χ2n) is 6.13. The lowest BCUT2D eigenvalue weighted by molar-refractivity contribution is -0.130. The average molecular weight is 274 g/mol. The molecule has 0 bridgehead atoms. The molecule has 1 aromatic rings. The average Bonchev–Trinajstić information content (AvgIpc) is 2.46. The predicted octanol–water partition coefficient (Wildman–Crippen LogP) is 2.91. The molecule has 1 N–H and O–H groups in total. The number of anilines is 1. The lowest BCUT2D eigenvalue weighted by Gasteiger charge is -2.40. The van der Waals surface area contributed by atoms with Crippen molar-refractivity contribution in [2.75, 3.05) is 25.0 Å². The minimum atomic E-state index is -0.274. The van der Waals surface area contributed by atoms with Gasteiger partial charge in [-0.15, -0.1) is 0 Å². The molecule has 1 atom stereocenters. The molecule has 0 aromatic heterocycles. The molecule has 1 aromatic carbocycles. The first-order chi connectivity index (χ1) is 9.50. The quantitative estimate of drug-likeness (QED) is 0.919. The zero-order valence-corrected chi connectivity index (χ0v) is 13.1. The molecule has 1 fully saturated rings. The van der Waals surface area contributed by atoms with Gasteiger partial charge in [0, 0.05) is 25.8 Å². The van der Waals surface area contributed by atoms with Gasteiger partial charge in [0.1, 0.15) is 0 Å². The zero-order valence-electron chi connectivity index (χ0n) is 13.1. The number of hydrogen-bond acceptors (Lipinski definition) is 2. The molecule has 1 unspecified atom stereocenters. The summed E-state index contributed by atoms with van der Waals surface area (Å²) in [5.74, 6) is 0.157. The molecule has 0 aliphatic carbocycles. The standard InChI is InChI=1S/C17H26N2O/c1-5-14-11-15(8-7-13(14)2)19-10-6-9-17(3,12-19)16(20)18-4/h7-8,11H,5-6,9-10,12H2,1-4H3,(H,18,20). The Bertz CT molecular complexity index is 498. The van der Waals surface area contributed by atoms with Gasteiger partial charge in [-0.3, -0.25) is 4.79 Å². The summed E-state index contributed by atoms with van der Waals surface area (Å²) < 4.78 is 0. The lowest BCUT2D eigenvalue weighted by Crippen LogP contribution is -2.49. The van der Waals surface area contributed by atoms with Crippen molar-refractivity contribution in [3.05, 3.63) is 29.3 Å². The van der Waals surface area contributed by atoms with Crippen molar-refractivity contribution in [3.63, 3.8) is 0 Å². The maximum absolute atomic E-state index is 12.1. The van der Waals surface area contributed by atoms with Gasteiger partial charge in [0.25, 0.3) is 0 Å². The van der Waals surface area contributed by atoms with Gasteiger partial charge in [0.15, 0.2) is 0 Å². The van der Waals surface area contributed by atoms with E-state index in [9.17, 15) is 4.79 Å². The fraction of sp³-hybridized carbons (Fsp3) is 0.588. The van der Waals surface area contributed by atoms with Crippen LogP contribution in [0.2, 0.25) is 0 Å². The van der Waals surface area contributed by atoms with Gasteiger partial charge in [0.05, 0.1) is 5.41 Å². The molecule has 3 nitrogen and oxygen atoms in total. The van der Waals surface area contributed by atoms with Gasteiger partial charge in [-0.05, 0) is 56.4 Å². The molecule has 0 radical (unpaired) electrons. The van der Waals surface area contributed by atoms with Crippen molar-refractivity contribution in [3.8, 4) is 0 Å². The maximum Gasteiger partial charge on any atom is 0.227 e. The second kappa shape index (κ2) is 5.86. The number of carbonyl (C=O) groups excluding carboxylic acids is 1. The van der Waals surface area contributed by atoms with E-state index in [4.69, 9.17) is 0 Å². The topological polar surface area (TPSA) is 32.3 Å². The highest BCUT2D eigenvalue weighted by Crippen LogP contribution is 2.33. The van der Waals surface area contributed by atoms with Crippen LogP contribution in [0, 0.1) is 12.3 Å². The highest BCUT2D eigenvalue weighted by molar-refractivity contribution is 5.83. The number of nitrogens with zero attached hydrogens (tertiary/aromatic N) is 1. The van der Waals surface area contributed by atoms with Crippen molar-refractivity contribution in [2.45, 2.75) is 40.0 Å². The van der Waals surface area contributed by atoms with Crippen molar-refractivity contribution in [1.82, 2.24) is 5.32 Å². The Morgan fingerprint density at radius 1 is 1.45 bits per heavy atom. The minimum absolute atomic E-state index is 0.157. The molecular formula is C17H26N2O. The molecule has 2 rings (SSSR count). The molecule has 0 saturated carbocycles. The van der Waals surface area contributed by atoms with E-state index in [1.54, 1.807) is 7.05 Å². The van der Waals surface area contributed by atoms with Crippen LogP contribution in [0.25, 0.3) is 0 Å². The van der Waals surface area contributed by atoms with E-state index in [0.29, 0.717) is 0 Å². The second-order valence-corrected chi connectivity index (χ2v) is 6.13. The van der Waals surface area contributed by atoms with Crippen LogP contribution in [0.15, 0.2) is 18.2 Å². The Labute approximate surface area is 122 Å². The third kappa shape index (κ3) is 2.82. The number of nitrogens with one attached hydrogen (secondary N) is 1. The van der Waals surface area contributed by atoms with E-state index in [-0.39, 0.29) is 11.3 Å². The van der Waals surface area contributed by atoms with Crippen LogP contribution in [0.1, 0.15) is 37.8 Å². The molecule has 1 saturated heterocycles. The molecule has 110 valence electrons. The monoisotopic (exact) mass is 274 g/mol. The number of piperidine rings is 1. The molecule has 20 heavy (non-hydrogen) atoms. The first-order valence-corrected chi connectivity index (χ1v) is 7.57. The lowest BCUT2D eigenvalue weighted by atomic mass is 9.80. The van der Waals surface area contributed by atoms with E-state index in [0.717, 1.165) is 32.4 Å². The highest BCUT2D eigenvalue weighted by Gasteiger charge is 2.37. The first kappa shape index (κ1) is 14.9. The predicted molar refractivity (Wildman–Crippen MR) is 84.2 cm³/mol. The van der Waals surface area contributed by atoms with E-state index in [1.807, 2.05) is 0 Å². The van der Waals surface area contributed by atoms with E-state index >= 15 is 0 Å². The van der Waals surface area contributed by atoms with Gasteiger partial charge in [-0.25, -0.2) is 0 Å². The van der Waals surface area contributed by atoms with Gasteiger partial charge in [-0.2, -0.15) is 0 Å². The van der Waals surface area contributed by atoms with Crippen LogP contribution >= 0.6 is 0 Å². The number of carbonyl (C=O) groups is 1. The molecule has 1 aliphatic heterocycles. The minimum Gasteiger partial charge on any atom is -0.370 e. The summed E-state index contributed by atoms with van der Waals surface area (Å²) in [7, 11) is 1.73. The first-order valence-electron chi connectivity index (χ1n) is 7.57. The van der Waals surface area contributed by atoms with Gasteiger partial charge in [-0.1, -0.05) is 13.0 Å². The number of benzene rings is 1. The largest absolute Gasteiger partial charge is 0.370 e. The highest BCUT2D eigenvalue weighted by atomic mass is 16.2. The summed E-state index contributed by atoms with van der Waals surface area (Å²) in [6, 6.07) is 6.66. The number of aryl methyl sites for hydroxylation is 2. The van der Waals surface area contributed by atoms with Crippen molar-refractivity contribution >= 4 is 11.6 Å². The summed E-state index contributed by atoms with van der Waals surface area (Å²) in [5.41, 5.74) is 3.73. The molecule has 1 amide bonds. The van der Waals surface area contributed by atoms with E-state index in [2.05, 4.69) is 49.2 Å². The van der Waals surface area contributed by atoms with Crippen LogP contribution in [0.5, 0.6) is 0 Å². The Kier molecular flexibility index (Phi) is 4.36. The van der Waals surface area contributed by atoms with Crippen LogP contribution in [-0.2, 0) is 11.2 Å². The smallest absolute Gasteiger partial charge is 0.227 e. The molecule has 0 spiro atoms. The summed E-state index contributed by atoms with van der Waals surface area (Å²) in [6.07, 6.45) is 3.09.